The molecule has 1 aromatic heterocycles. The highest BCUT2D eigenvalue weighted by atomic mass is 32.2. The van der Waals surface area contributed by atoms with Gasteiger partial charge in [-0.05, 0) is 12.2 Å². The lowest BCUT2D eigenvalue weighted by Crippen LogP contribution is -1.92. The Bertz CT molecular complexity index is 227. The zero-order valence-corrected chi connectivity index (χ0v) is 7.27. The molecule has 1 rings (SSSR count). The maximum Gasteiger partial charge on any atom is 0.143 e. The van der Waals surface area contributed by atoms with Gasteiger partial charge < -0.3 is 5.73 Å². The molecule has 0 fully saturated rings. The fraction of sp³-hybridized carbons (Fsp3) is 0.429. The van der Waals surface area contributed by atoms with E-state index in [4.69, 9.17) is 5.73 Å². The molecule has 11 heavy (non-hydrogen) atoms. The van der Waals surface area contributed by atoms with E-state index in [1.165, 1.54) is 0 Å². The van der Waals surface area contributed by atoms with Crippen molar-refractivity contribution < 1.29 is 0 Å². The Morgan fingerprint density at radius 1 is 1.55 bits per heavy atom. The molecule has 0 atom stereocenters. The highest BCUT2D eigenvalue weighted by molar-refractivity contribution is 7.99. The number of hydrogen-bond acceptors (Lipinski definition) is 4. The second-order valence-electron chi connectivity index (χ2n) is 2.13. The molecule has 60 valence electrons. The van der Waals surface area contributed by atoms with E-state index in [-0.39, 0.29) is 0 Å². The van der Waals surface area contributed by atoms with Crippen LogP contribution in [0.4, 0.5) is 5.82 Å². The molecule has 0 radical (unpaired) electrons. The standard InChI is InChI=1S/C7H11N3S/c1-2-3-11-7-5-9-4-6(8)10-7/h4-5H,2-3H2,1H3,(H2,8,10). The van der Waals surface area contributed by atoms with E-state index in [0.29, 0.717) is 5.82 Å². The van der Waals surface area contributed by atoms with Gasteiger partial charge in [-0.25, -0.2) is 4.98 Å². The summed E-state index contributed by atoms with van der Waals surface area (Å²) in [5.41, 5.74) is 5.44. The molecule has 0 saturated carbocycles. The molecule has 1 heterocycles. The van der Waals surface area contributed by atoms with Crippen molar-refractivity contribution in [2.45, 2.75) is 18.4 Å². The predicted molar refractivity (Wildman–Crippen MR) is 47.5 cm³/mol. The third-order valence-electron chi connectivity index (χ3n) is 1.09. The maximum atomic E-state index is 5.44. The number of aromatic nitrogens is 2. The van der Waals surface area contributed by atoms with Crippen LogP contribution in [0.3, 0.4) is 0 Å². The lowest BCUT2D eigenvalue weighted by Gasteiger charge is -1.97. The van der Waals surface area contributed by atoms with E-state index < -0.39 is 0 Å². The second kappa shape index (κ2) is 4.18. The molecule has 0 amide bonds. The van der Waals surface area contributed by atoms with Crippen LogP contribution in [0, 0.1) is 0 Å². The molecule has 0 aliphatic rings. The minimum Gasteiger partial charge on any atom is -0.382 e. The van der Waals surface area contributed by atoms with Crippen molar-refractivity contribution in [3.05, 3.63) is 12.4 Å². The Morgan fingerprint density at radius 3 is 3.00 bits per heavy atom. The van der Waals surface area contributed by atoms with Crippen LogP contribution in [0.25, 0.3) is 0 Å². The molecular weight excluding hydrogens is 158 g/mol. The number of nitrogens with two attached hydrogens (primary N) is 1. The first kappa shape index (κ1) is 8.33. The first-order chi connectivity index (χ1) is 5.33. The maximum absolute atomic E-state index is 5.44. The van der Waals surface area contributed by atoms with Crippen LogP contribution >= 0.6 is 11.8 Å². The van der Waals surface area contributed by atoms with Crippen LogP contribution in [0.15, 0.2) is 17.4 Å². The van der Waals surface area contributed by atoms with Gasteiger partial charge in [0.2, 0.25) is 0 Å². The molecule has 0 aromatic carbocycles. The summed E-state index contributed by atoms with van der Waals surface area (Å²) in [4.78, 5) is 8.02. The Labute approximate surface area is 70.4 Å². The van der Waals surface area contributed by atoms with Gasteiger partial charge in [-0.1, -0.05) is 6.92 Å². The summed E-state index contributed by atoms with van der Waals surface area (Å²) < 4.78 is 0. The summed E-state index contributed by atoms with van der Waals surface area (Å²) in [6.07, 6.45) is 4.42. The predicted octanol–water partition coefficient (Wildman–Crippen LogP) is 1.56. The first-order valence-electron chi connectivity index (χ1n) is 3.53. The van der Waals surface area contributed by atoms with E-state index in [2.05, 4.69) is 16.9 Å². The summed E-state index contributed by atoms with van der Waals surface area (Å²) in [6.45, 7) is 2.13. The minimum absolute atomic E-state index is 0.492. The van der Waals surface area contributed by atoms with Gasteiger partial charge in [0, 0.05) is 0 Å². The number of thioether (sulfide) groups is 1. The van der Waals surface area contributed by atoms with Crippen molar-refractivity contribution in [3.63, 3.8) is 0 Å². The van der Waals surface area contributed by atoms with E-state index in [9.17, 15) is 0 Å². The first-order valence-corrected chi connectivity index (χ1v) is 4.52. The fourth-order valence-electron chi connectivity index (χ4n) is 0.639. The Balaban J connectivity index is 2.56. The molecule has 0 saturated heterocycles. The average molecular weight is 169 g/mol. The fourth-order valence-corrected chi connectivity index (χ4v) is 1.36. The van der Waals surface area contributed by atoms with Crippen molar-refractivity contribution in [1.82, 2.24) is 9.97 Å². The van der Waals surface area contributed by atoms with Crippen LogP contribution in [-0.2, 0) is 0 Å². The van der Waals surface area contributed by atoms with Gasteiger partial charge in [-0.3, -0.25) is 4.98 Å². The Morgan fingerprint density at radius 2 is 2.36 bits per heavy atom. The summed E-state index contributed by atoms with van der Waals surface area (Å²) >= 11 is 1.68. The third-order valence-corrected chi connectivity index (χ3v) is 2.19. The molecule has 0 spiro atoms. The second-order valence-corrected chi connectivity index (χ2v) is 3.25. The normalized spacial score (nSPS) is 9.91. The van der Waals surface area contributed by atoms with Gasteiger partial charge >= 0.3 is 0 Å². The van der Waals surface area contributed by atoms with E-state index in [1.807, 2.05) is 0 Å². The number of hydrogen-bond donors (Lipinski definition) is 1. The quantitative estimate of drug-likeness (QED) is 0.698. The van der Waals surface area contributed by atoms with Gasteiger partial charge in [-0.15, -0.1) is 11.8 Å². The summed E-state index contributed by atoms with van der Waals surface area (Å²) in [7, 11) is 0. The SMILES string of the molecule is CCCSc1cncc(N)n1. The minimum atomic E-state index is 0.492. The van der Waals surface area contributed by atoms with Crippen LogP contribution < -0.4 is 5.73 Å². The van der Waals surface area contributed by atoms with Crippen molar-refractivity contribution in [2.24, 2.45) is 0 Å². The van der Waals surface area contributed by atoms with Gasteiger partial charge in [0.15, 0.2) is 0 Å². The molecule has 0 unspecified atom stereocenters. The monoisotopic (exact) mass is 169 g/mol. The van der Waals surface area contributed by atoms with Gasteiger partial charge in [0.25, 0.3) is 0 Å². The van der Waals surface area contributed by atoms with Crippen LogP contribution in [0.2, 0.25) is 0 Å². The molecule has 0 aliphatic carbocycles. The number of anilines is 1. The third kappa shape index (κ3) is 2.76. The zero-order chi connectivity index (χ0) is 8.10. The van der Waals surface area contributed by atoms with Crippen LogP contribution in [-0.4, -0.2) is 15.7 Å². The lowest BCUT2D eigenvalue weighted by molar-refractivity contribution is 1.05. The van der Waals surface area contributed by atoms with Gasteiger partial charge in [-0.2, -0.15) is 0 Å². The molecule has 4 heteroatoms. The van der Waals surface area contributed by atoms with E-state index in [1.54, 1.807) is 24.2 Å². The van der Waals surface area contributed by atoms with Gasteiger partial charge in [0.05, 0.1) is 12.4 Å². The molecule has 2 N–H and O–H groups in total. The van der Waals surface area contributed by atoms with Crippen LogP contribution in [0.1, 0.15) is 13.3 Å². The van der Waals surface area contributed by atoms with Crippen LogP contribution in [0.5, 0.6) is 0 Å². The highest BCUT2D eigenvalue weighted by Crippen LogP contribution is 2.14. The Kier molecular flexibility index (Phi) is 3.16. The molecule has 1 aromatic rings. The smallest absolute Gasteiger partial charge is 0.143 e. The van der Waals surface area contributed by atoms with Crippen molar-refractivity contribution in [1.29, 1.82) is 0 Å². The van der Waals surface area contributed by atoms with E-state index in [0.717, 1.165) is 17.2 Å². The molecule has 0 aliphatic heterocycles. The number of rotatable bonds is 3. The Hall–Kier alpha value is -0.770. The molecule has 3 nitrogen and oxygen atoms in total. The van der Waals surface area contributed by atoms with Crippen molar-refractivity contribution in [2.75, 3.05) is 11.5 Å². The van der Waals surface area contributed by atoms with Gasteiger partial charge in [0.1, 0.15) is 10.8 Å². The average Bonchev–Trinajstić information content (AvgIpc) is 2.01. The van der Waals surface area contributed by atoms with Crippen molar-refractivity contribution >= 4 is 17.6 Å². The zero-order valence-electron chi connectivity index (χ0n) is 6.45. The highest BCUT2D eigenvalue weighted by Gasteiger charge is 1.94. The largest absolute Gasteiger partial charge is 0.382 e. The summed E-state index contributed by atoms with van der Waals surface area (Å²) in [5.74, 6) is 1.56. The molecule has 0 bridgehead atoms. The summed E-state index contributed by atoms with van der Waals surface area (Å²) in [6, 6.07) is 0. The topological polar surface area (TPSA) is 51.8 Å². The van der Waals surface area contributed by atoms with Crippen molar-refractivity contribution in [3.8, 4) is 0 Å². The summed E-state index contributed by atoms with van der Waals surface area (Å²) in [5, 5.41) is 0.909. The molecular formula is C7H11N3S. The lowest BCUT2D eigenvalue weighted by atomic mass is 10.6. The number of nitrogen functional groups attached to an aromatic ring is 1. The number of nitrogens with zero attached hydrogens (tertiary/aromatic N) is 2. The van der Waals surface area contributed by atoms with E-state index >= 15 is 0 Å².